The van der Waals surface area contributed by atoms with Crippen molar-refractivity contribution in [3.8, 4) is 6.07 Å². The van der Waals surface area contributed by atoms with Gasteiger partial charge in [-0.2, -0.15) is 10.4 Å². The molecule has 2 aromatic rings. The van der Waals surface area contributed by atoms with Crippen LogP contribution in [0.4, 0.5) is 5.00 Å². The predicted molar refractivity (Wildman–Crippen MR) is 79.1 cm³/mol. The molecule has 0 saturated heterocycles. The number of hydrogen-bond donors (Lipinski definition) is 1. The molecule has 0 aliphatic carbocycles. The van der Waals surface area contributed by atoms with Gasteiger partial charge in [0.05, 0.1) is 11.3 Å². The van der Waals surface area contributed by atoms with Crippen LogP contribution in [0.25, 0.3) is 0 Å². The number of anilines is 1. The highest BCUT2D eigenvalue weighted by Gasteiger charge is 2.18. The fraction of sp³-hybridized carbons (Fsp3) is 0.357. The molecular weight excluding hydrogens is 272 g/mol. The van der Waals surface area contributed by atoms with E-state index in [1.165, 1.54) is 11.3 Å². The molecule has 0 atom stereocenters. The first-order valence-corrected chi connectivity index (χ1v) is 7.15. The maximum atomic E-state index is 12.3. The number of aromatic nitrogens is 2. The van der Waals surface area contributed by atoms with Crippen LogP contribution in [-0.2, 0) is 6.54 Å². The molecule has 0 aliphatic rings. The van der Waals surface area contributed by atoms with Gasteiger partial charge in [0.15, 0.2) is 0 Å². The van der Waals surface area contributed by atoms with Gasteiger partial charge in [-0.1, -0.05) is 0 Å². The topological polar surface area (TPSA) is 70.7 Å². The van der Waals surface area contributed by atoms with Crippen molar-refractivity contribution in [2.75, 3.05) is 5.32 Å². The van der Waals surface area contributed by atoms with Crippen LogP contribution in [0.2, 0.25) is 0 Å². The third-order valence-electron chi connectivity index (χ3n) is 3.16. The Morgan fingerprint density at radius 1 is 1.50 bits per heavy atom. The van der Waals surface area contributed by atoms with E-state index in [2.05, 4.69) is 16.5 Å². The molecule has 0 aliphatic heterocycles. The number of amides is 1. The highest BCUT2D eigenvalue weighted by Crippen LogP contribution is 2.31. The van der Waals surface area contributed by atoms with Gasteiger partial charge in [0.2, 0.25) is 0 Å². The molecule has 0 radical (unpaired) electrons. The van der Waals surface area contributed by atoms with Gasteiger partial charge in [-0.3, -0.25) is 9.48 Å². The molecule has 2 aromatic heterocycles. The van der Waals surface area contributed by atoms with Crippen LogP contribution < -0.4 is 5.32 Å². The van der Waals surface area contributed by atoms with Crippen LogP contribution in [0.5, 0.6) is 0 Å². The molecule has 6 heteroatoms. The van der Waals surface area contributed by atoms with Crippen molar-refractivity contribution in [2.45, 2.75) is 34.2 Å². The Bertz CT molecular complexity index is 706. The Hall–Kier alpha value is -2.13. The largest absolute Gasteiger partial charge is 0.311 e. The Morgan fingerprint density at radius 2 is 2.20 bits per heavy atom. The van der Waals surface area contributed by atoms with E-state index in [0.717, 1.165) is 16.1 Å². The lowest BCUT2D eigenvalue weighted by atomic mass is 10.2. The van der Waals surface area contributed by atoms with Crippen LogP contribution in [0, 0.1) is 32.1 Å². The molecule has 0 spiro atoms. The van der Waals surface area contributed by atoms with Gasteiger partial charge < -0.3 is 5.32 Å². The summed E-state index contributed by atoms with van der Waals surface area (Å²) in [5.41, 5.74) is 2.78. The van der Waals surface area contributed by atoms with E-state index < -0.39 is 0 Å². The van der Waals surface area contributed by atoms with Gasteiger partial charge in [-0.05, 0) is 39.3 Å². The molecule has 5 nitrogen and oxygen atoms in total. The zero-order valence-electron chi connectivity index (χ0n) is 11.9. The first kappa shape index (κ1) is 14.3. The number of carbonyl (C=O) groups excluding carboxylic acids is 1. The lowest BCUT2D eigenvalue weighted by Gasteiger charge is -2.05. The van der Waals surface area contributed by atoms with Gasteiger partial charge >= 0.3 is 0 Å². The number of aryl methyl sites for hydroxylation is 3. The molecule has 104 valence electrons. The Kier molecular flexibility index (Phi) is 3.91. The molecule has 0 bridgehead atoms. The number of nitrogens with zero attached hydrogens (tertiary/aromatic N) is 3. The summed E-state index contributed by atoms with van der Waals surface area (Å²) >= 11 is 1.42. The van der Waals surface area contributed by atoms with Crippen LogP contribution in [-0.4, -0.2) is 15.7 Å². The second-order valence-corrected chi connectivity index (χ2v) is 5.76. The summed E-state index contributed by atoms with van der Waals surface area (Å²) in [5.74, 6) is -0.231. The van der Waals surface area contributed by atoms with Gasteiger partial charge in [-0.15, -0.1) is 11.3 Å². The summed E-state index contributed by atoms with van der Waals surface area (Å²) in [6.45, 7) is 8.24. The normalized spacial score (nSPS) is 10.3. The molecule has 0 aromatic carbocycles. The maximum absolute atomic E-state index is 12.3. The van der Waals surface area contributed by atoms with Crippen molar-refractivity contribution in [3.63, 3.8) is 0 Å². The minimum Gasteiger partial charge on any atom is -0.311 e. The Labute approximate surface area is 121 Å². The van der Waals surface area contributed by atoms with Crippen molar-refractivity contribution in [2.24, 2.45) is 0 Å². The van der Waals surface area contributed by atoms with E-state index in [-0.39, 0.29) is 5.91 Å². The molecular formula is C14H16N4OS. The van der Waals surface area contributed by atoms with E-state index in [0.29, 0.717) is 22.8 Å². The average Bonchev–Trinajstić information content (AvgIpc) is 2.91. The highest BCUT2D eigenvalue weighted by atomic mass is 32.1. The predicted octanol–water partition coefficient (Wildman–Crippen LogP) is 3.01. The maximum Gasteiger partial charge on any atom is 0.274 e. The summed E-state index contributed by atoms with van der Waals surface area (Å²) in [6.07, 6.45) is 0. The number of carbonyl (C=O) groups is 1. The van der Waals surface area contributed by atoms with Gasteiger partial charge in [0.25, 0.3) is 5.91 Å². The first-order chi connectivity index (χ1) is 9.47. The molecule has 0 fully saturated rings. The van der Waals surface area contributed by atoms with Gasteiger partial charge in [0.1, 0.15) is 16.8 Å². The summed E-state index contributed by atoms with van der Waals surface area (Å²) in [7, 11) is 0. The SMILES string of the molecule is CCn1nc(C)cc1C(=O)Nc1sc(C)c(C)c1C#N. The summed E-state index contributed by atoms with van der Waals surface area (Å²) < 4.78 is 1.66. The molecule has 0 saturated carbocycles. The minimum absolute atomic E-state index is 0.231. The van der Waals surface area contributed by atoms with Crippen molar-refractivity contribution in [3.05, 3.63) is 33.5 Å². The number of hydrogen-bond acceptors (Lipinski definition) is 4. The fourth-order valence-electron chi connectivity index (χ4n) is 1.99. The molecule has 1 amide bonds. The highest BCUT2D eigenvalue weighted by molar-refractivity contribution is 7.16. The van der Waals surface area contributed by atoms with Gasteiger partial charge in [-0.25, -0.2) is 0 Å². The Balaban J connectivity index is 2.33. The number of nitriles is 1. The average molecular weight is 288 g/mol. The van der Waals surface area contributed by atoms with E-state index in [9.17, 15) is 10.1 Å². The van der Waals surface area contributed by atoms with E-state index in [4.69, 9.17) is 0 Å². The van der Waals surface area contributed by atoms with E-state index in [1.807, 2.05) is 27.7 Å². The summed E-state index contributed by atoms with van der Waals surface area (Å²) in [4.78, 5) is 13.4. The molecule has 20 heavy (non-hydrogen) atoms. The van der Waals surface area contributed by atoms with Crippen LogP contribution in [0.3, 0.4) is 0 Å². The fourth-order valence-corrected chi connectivity index (χ4v) is 2.99. The standard InChI is InChI=1S/C14H16N4OS/c1-5-18-12(6-8(2)17-18)13(19)16-14-11(7-15)9(3)10(4)20-14/h6H,5H2,1-4H3,(H,16,19). The van der Waals surface area contributed by atoms with Crippen molar-refractivity contribution >= 4 is 22.2 Å². The smallest absolute Gasteiger partial charge is 0.274 e. The van der Waals surface area contributed by atoms with E-state index >= 15 is 0 Å². The lowest BCUT2D eigenvalue weighted by molar-refractivity contribution is 0.101. The van der Waals surface area contributed by atoms with Crippen LogP contribution in [0.15, 0.2) is 6.07 Å². The quantitative estimate of drug-likeness (QED) is 0.943. The molecule has 2 rings (SSSR count). The third-order valence-corrected chi connectivity index (χ3v) is 4.28. The third kappa shape index (κ3) is 2.45. The van der Waals surface area contributed by atoms with Crippen molar-refractivity contribution in [1.29, 1.82) is 5.26 Å². The van der Waals surface area contributed by atoms with Gasteiger partial charge in [0, 0.05) is 11.4 Å². The van der Waals surface area contributed by atoms with E-state index in [1.54, 1.807) is 10.7 Å². The minimum atomic E-state index is -0.231. The molecule has 0 unspecified atom stereocenters. The Morgan fingerprint density at radius 3 is 2.80 bits per heavy atom. The monoisotopic (exact) mass is 288 g/mol. The number of nitrogens with one attached hydrogen (secondary N) is 1. The van der Waals surface area contributed by atoms with Crippen LogP contribution >= 0.6 is 11.3 Å². The summed E-state index contributed by atoms with van der Waals surface area (Å²) in [6, 6.07) is 3.90. The van der Waals surface area contributed by atoms with Crippen molar-refractivity contribution in [1.82, 2.24) is 9.78 Å². The van der Waals surface area contributed by atoms with Crippen molar-refractivity contribution < 1.29 is 4.79 Å². The molecule has 2 heterocycles. The second-order valence-electron chi connectivity index (χ2n) is 4.54. The molecule has 1 N–H and O–H groups in total. The second kappa shape index (κ2) is 5.47. The number of thiophene rings is 1. The zero-order valence-corrected chi connectivity index (χ0v) is 12.8. The number of rotatable bonds is 3. The first-order valence-electron chi connectivity index (χ1n) is 6.33. The lowest BCUT2D eigenvalue weighted by Crippen LogP contribution is -2.17. The summed E-state index contributed by atoms with van der Waals surface area (Å²) in [5, 5.41) is 16.9. The van der Waals surface area contributed by atoms with Crippen LogP contribution in [0.1, 0.15) is 39.1 Å². The zero-order chi connectivity index (χ0) is 14.9.